The average Bonchev–Trinajstić information content (AvgIpc) is 2.86. The number of esters is 1. The molecule has 0 saturated carbocycles. The number of carbonyl (C=O) groups is 4. The van der Waals surface area contributed by atoms with E-state index in [1.54, 1.807) is 45.0 Å². The van der Waals surface area contributed by atoms with Crippen molar-refractivity contribution in [1.82, 2.24) is 10.6 Å². The summed E-state index contributed by atoms with van der Waals surface area (Å²) in [5.41, 5.74) is 13.3. The summed E-state index contributed by atoms with van der Waals surface area (Å²) >= 11 is 8.64. The predicted molar refractivity (Wildman–Crippen MR) is 155 cm³/mol. The minimum absolute atomic E-state index is 0.0300. The van der Waals surface area contributed by atoms with Crippen LogP contribution in [0.3, 0.4) is 0 Å². The molecule has 0 aliphatic heterocycles. The summed E-state index contributed by atoms with van der Waals surface area (Å²) in [5, 5.41) is 14.7. The molecule has 0 radical (unpaired) electrons. The van der Waals surface area contributed by atoms with Crippen molar-refractivity contribution < 1.29 is 29.0 Å². The number of rotatable bonds is 12. The first-order chi connectivity index (χ1) is 18.1. The Balaban J connectivity index is 2.20. The largest absolute Gasteiger partial charge is 0.508 e. The van der Waals surface area contributed by atoms with E-state index in [2.05, 4.69) is 35.9 Å². The highest BCUT2D eigenvalue weighted by Crippen LogP contribution is 2.24. The van der Waals surface area contributed by atoms with Crippen LogP contribution in [0.25, 0.3) is 0 Å². The molecule has 2 rings (SSSR count). The summed E-state index contributed by atoms with van der Waals surface area (Å²) < 4.78 is 4.52. The van der Waals surface area contributed by atoms with Gasteiger partial charge in [-0.15, -0.1) is 0 Å². The Hall–Kier alpha value is -3.06. The molecule has 2 aromatic rings. The van der Waals surface area contributed by atoms with Gasteiger partial charge in [-0.2, -0.15) is 25.3 Å². The molecule has 0 aliphatic carbocycles. The van der Waals surface area contributed by atoms with Crippen molar-refractivity contribution in [3.8, 4) is 11.5 Å². The minimum atomic E-state index is -1.18. The lowest BCUT2D eigenvalue weighted by Crippen LogP contribution is -2.56. The molecule has 12 heteroatoms. The number of nitrogens with two attached hydrogens (primary N) is 2. The SMILES string of the molecule is Cc1cc(O)ccc1C[C@H](N)C(=O)N[C@H](CS)C(=O)c1ccccc1OC(=O)[C@H](NC(=O)[C@H](C)N)C(C)(C)S. The number of benzene rings is 2. The zero-order chi connectivity index (χ0) is 29.5. The molecule has 0 unspecified atom stereocenters. The quantitative estimate of drug-likeness (QED) is 0.0857. The second-order valence-corrected chi connectivity index (χ2v) is 11.3. The van der Waals surface area contributed by atoms with E-state index in [1.807, 2.05) is 0 Å². The number of ether oxygens (including phenoxy) is 1. The van der Waals surface area contributed by atoms with Crippen LogP contribution in [-0.2, 0) is 20.8 Å². The number of amides is 2. The maximum atomic E-state index is 13.4. The molecule has 0 aliphatic rings. The summed E-state index contributed by atoms with van der Waals surface area (Å²) in [5.74, 6) is -2.53. The maximum absolute atomic E-state index is 13.4. The predicted octanol–water partition coefficient (Wildman–Crippen LogP) is 1.31. The number of carbonyl (C=O) groups excluding carboxylic acids is 4. The van der Waals surface area contributed by atoms with Gasteiger partial charge in [0.1, 0.15) is 23.6 Å². The van der Waals surface area contributed by atoms with E-state index in [4.69, 9.17) is 16.2 Å². The summed E-state index contributed by atoms with van der Waals surface area (Å²) in [4.78, 5) is 51.5. The normalized spacial score (nSPS) is 14.5. The van der Waals surface area contributed by atoms with Crippen molar-refractivity contribution >= 4 is 48.8 Å². The van der Waals surface area contributed by atoms with Crippen LogP contribution in [0.2, 0.25) is 0 Å². The Bertz CT molecular complexity index is 1220. The Morgan fingerprint density at radius 3 is 2.26 bits per heavy atom. The number of ketones is 1. The van der Waals surface area contributed by atoms with E-state index in [-0.39, 0.29) is 29.2 Å². The first-order valence-electron chi connectivity index (χ1n) is 12.2. The van der Waals surface area contributed by atoms with E-state index in [1.165, 1.54) is 25.1 Å². The fourth-order valence-electron chi connectivity index (χ4n) is 3.62. The Morgan fingerprint density at radius 1 is 1.05 bits per heavy atom. The number of thiol groups is 2. The molecule has 10 nitrogen and oxygen atoms in total. The fraction of sp³-hybridized carbons (Fsp3) is 0.407. The fourth-order valence-corrected chi connectivity index (χ4v) is 4.05. The molecule has 0 saturated heterocycles. The topological polar surface area (TPSA) is 174 Å². The minimum Gasteiger partial charge on any atom is -0.508 e. The van der Waals surface area contributed by atoms with Crippen LogP contribution in [0.5, 0.6) is 11.5 Å². The zero-order valence-electron chi connectivity index (χ0n) is 22.3. The van der Waals surface area contributed by atoms with Crippen LogP contribution in [-0.4, -0.2) is 63.3 Å². The van der Waals surface area contributed by atoms with Crippen LogP contribution in [0.1, 0.15) is 42.3 Å². The molecule has 2 aromatic carbocycles. The Kier molecular flexibility index (Phi) is 11.4. The molecule has 4 atom stereocenters. The second-order valence-electron chi connectivity index (χ2n) is 9.83. The number of hydrogen-bond donors (Lipinski definition) is 7. The van der Waals surface area contributed by atoms with Crippen LogP contribution >= 0.6 is 25.3 Å². The second kappa shape index (κ2) is 13.8. The number of Topliss-reactive ketones (excluding diaryl/α,β-unsaturated/α-hetero) is 1. The van der Waals surface area contributed by atoms with Gasteiger partial charge in [0.15, 0.2) is 5.78 Å². The van der Waals surface area contributed by atoms with Gasteiger partial charge in [0, 0.05) is 10.5 Å². The maximum Gasteiger partial charge on any atom is 0.335 e. The van der Waals surface area contributed by atoms with Crippen molar-refractivity contribution in [3.63, 3.8) is 0 Å². The number of phenols is 1. The van der Waals surface area contributed by atoms with Crippen LogP contribution in [0.15, 0.2) is 42.5 Å². The first kappa shape index (κ1) is 32.2. The van der Waals surface area contributed by atoms with E-state index in [0.29, 0.717) is 0 Å². The van der Waals surface area contributed by atoms with Gasteiger partial charge in [-0.1, -0.05) is 18.2 Å². The average molecular weight is 577 g/mol. The van der Waals surface area contributed by atoms with Gasteiger partial charge in [-0.3, -0.25) is 14.4 Å². The van der Waals surface area contributed by atoms with E-state index < -0.39 is 52.5 Å². The van der Waals surface area contributed by atoms with Crippen molar-refractivity contribution in [2.24, 2.45) is 11.5 Å². The highest BCUT2D eigenvalue weighted by molar-refractivity contribution is 7.81. The van der Waals surface area contributed by atoms with Gasteiger partial charge in [-0.25, -0.2) is 4.79 Å². The molecule has 0 aromatic heterocycles. The molecular weight excluding hydrogens is 540 g/mol. The smallest absolute Gasteiger partial charge is 0.335 e. The summed E-state index contributed by atoms with van der Waals surface area (Å²) in [6, 6.07) is 6.71. The van der Waals surface area contributed by atoms with E-state index in [0.717, 1.165) is 11.1 Å². The number of phenolic OH excluding ortho intramolecular Hbond substituents is 1. The Labute approximate surface area is 239 Å². The number of aryl methyl sites for hydroxylation is 1. The zero-order valence-corrected chi connectivity index (χ0v) is 24.1. The van der Waals surface area contributed by atoms with Gasteiger partial charge in [0.25, 0.3) is 0 Å². The molecule has 2 amide bonds. The van der Waals surface area contributed by atoms with Crippen molar-refractivity contribution in [2.45, 2.75) is 63.0 Å². The van der Waals surface area contributed by atoms with Crippen LogP contribution < -0.4 is 26.8 Å². The number of hydrogen-bond acceptors (Lipinski definition) is 10. The summed E-state index contributed by atoms with van der Waals surface area (Å²) in [6.45, 7) is 6.51. The molecular formula is C27H36N4O6S2. The van der Waals surface area contributed by atoms with Crippen molar-refractivity contribution in [2.75, 3.05) is 5.75 Å². The molecule has 212 valence electrons. The number of aromatic hydroxyl groups is 1. The van der Waals surface area contributed by atoms with Gasteiger partial charge < -0.3 is 31.9 Å². The van der Waals surface area contributed by atoms with Gasteiger partial charge in [0.2, 0.25) is 11.8 Å². The van der Waals surface area contributed by atoms with E-state index in [9.17, 15) is 24.3 Å². The summed E-state index contributed by atoms with van der Waals surface area (Å²) in [6.07, 6.45) is 0.188. The highest BCUT2D eigenvalue weighted by Gasteiger charge is 2.37. The molecule has 0 spiro atoms. The lowest BCUT2D eigenvalue weighted by molar-refractivity contribution is -0.140. The van der Waals surface area contributed by atoms with Gasteiger partial charge in [0.05, 0.1) is 17.6 Å². The molecule has 39 heavy (non-hydrogen) atoms. The van der Waals surface area contributed by atoms with Crippen LogP contribution in [0.4, 0.5) is 0 Å². The lowest BCUT2D eigenvalue weighted by atomic mass is 9.99. The monoisotopic (exact) mass is 576 g/mol. The third-order valence-electron chi connectivity index (χ3n) is 5.92. The van der Waals surface area contributed by atoms with Crippen molar-refractivity contribution in [3.05, 3.63) is 59.2 Å². The van der Waals surface area contributed by atoms with Crippen LogP contribution in [0, 0.1) is 6.92 Å². The molecule has 0 heterocycles. The van der Waals surface area contributed by atoms with E-state index >= 15 is 0 Å². The molecule has 0 bridgehead atoms. The standard InChI is InChI=1S/C27H36N4O6S2/c1-14-11-17(32)10-9-16(14)12-19(29)25(35)30-20(13-38)22(33)18-7-5-6-8-21(18)37-26(36)23(27(3,4)39)31-24(34)15(2)28/h5-11,15,19-20,23,32,38-39H,12-13,28-29H2,1-4H3,(H,30,35)(H,31,34)/t15-,19-,20+,23-/m0/s1. The van der Waals surface area contributed by atoms with Crippen molar-refractivity contribution in [1.29, 1.82) is 0 Å². The summed E-state index contributed by atoms with van der Waals surface area (Å²) in [7, 11) is 0. The number of para-hydroxylation sites is 1. The third kappa shape index (κ3) is 8.99. The lowest BCUT2D eigenvalue weighted by Gasteiger charge is -2.29. The third-order valence-corrected chi connectivity index (χ3v) is 6.55. The first-order valence-corrected chi connectivity index (χ1v) is 13.3. The molecule has 7 N–H and O–H groups in total. The van der Waals surface area contributed by atoms with Gasteiger partial charge >= 0.3 is 5.97 Å². The molecule has 0 fully saturated rings. The Morgan fingerprint density at radius 2 is 1.69 bits per heavy atom. The number of nitrogens with one attached hydrogen (secondary N) is 2. The van der Waals surface area contributed by atoms with Gasteiger partial charge in [-0.05, 0) is 69.5 Å². The highest BCUT2D eigenvalue weighted by atomic mass is 32.1.